The first-order valence-electron chi connectivity index (χ1n) is 12.0. The van der Waals surface area contributed by atoms with E-state index in [0.29, 0.717) is 41.3 Å². The smallest absolute Gasteiger partial charge is 0.354 e. The number of aliphatic hydroxyl groups is 1. The number of H-pyrrole nitrogens is 1. The Hall–Kier alpha value is -4.54. The standard InChI is InChI=1S/C27H30N4O7/c1-15-20(16(2)29-22(15)27(35)38-5)24(32)21-23(17-7-8-18(36-3)19(13-17)37-4)31(26(34)25(21)33)11-6-10-30-12-9-28-14-30/h7-9,12-14,23,29,32H,6,10-11H2,1-5H3/b24-21+/t23-/m1/s1. The molecule has 4 rings (SSSR count). The summed E-state index contributed by atoms with van der Waals surface area (Å²) in [6.07, 6.45) is 5.70. The quantitative estimate of drug-likeness (QED) is 0.189. The van der Waals surface area contributed by atoms with E-state index in [1.807, 2.05) is 10.8 Å². The number of carbonyl (C=O) groups excluding carboxylic acids is 3. The Balaban J connectivity index is 1.84. The summed E-state index contributed by atoms with van der Waals surface area (Å²) >= 11 is 0. The molecule has 11 heteroatoms. The molecule has 0 aliphatic carbocycles. The predicted molar refractivity (Wildman–Crippen MR) is 137 cm³/mol. The first-order valence-corrected chi connectivity index (χ1v) is 12.0. The highest BCUT2D eigenvalue weighted by Crippen LogP contribution is 2.43. The highest BCUT2D eigenvalue weighted by atomic mass is 16.5. The molecule has 1 fully saturated rings. The van der Waals surface area contributed by atoms with Crippen LogP contribution in [0.1, 0.15) is 45.3 Å². The van der Waals surface area contributed by atoms with Crippen LogP contribution < -0.4 is 9.47 Å². The Morgan fingerprint density at radius 3 is 2.47 bits per heavy atom. The Morgan fingerprint density at radius 2 is 1.84 bits per heavy atom. The van der Waals surface area contributed by atoms with Gasteiger partial charge in [-0.05, 0) is 43.5 Å². The van der Waals surface area contributed by atoms with E-state index in [4.69, 9.17) is 14.2 Å². The average Bonchev–Trinajstić information content (AvgIpc) is 3.61. The van der Waals surface area contributed by atoms with Crippen LogP contribution in [0.25, 0.3) is 5.76 Å². The third kappa shape index (κ3) is 4.62. The molecule has 3 heterocycles. The van der Waals surface area contributed by atoms with Crippen molar-refractivity contribution >= 4 is 23.4 Å². The van der Waals surface area contributed by atoms with Crippen LogP contribution in [0.3, 0.4) is 0 Å². The lowest BCUT2D eigenvalue weighted by molar-refractivity contribution is -0.139. The maximum absolute atomic E-state index is 13.4. The number of likely N-dealkylation sites (tertiary alicyclic amines) is 1. The number of ether oxygens (including phenoxy) is 3. The fraction of sp³-hybridized carbons (Fsp3) is 0.333. The summed E-state index contributed by atoms with van der Waals surface area (Å²) in [5.74, 6) is -1.63. The lowest BCUT2D eigenvalue weighted by atomic mass is 9.93. The van der Waals surface area contributed by atoms with Gasteiger partial charge in [-0.1, -0.05) is 6.07 Å². The maximum atomic E-state index is 13.4. The molecule has 1 aliphatic heterocycles. The molecule has 0 spiro atoms. The molecule has 0 radical (unpaired) electrons. The molecule has 1 saturated heterocycles. The number of rotatable bonds is 9. The van der Waals surface area contributed by atoms with Gasteiger partial charge in [0.2, 0.25) is 0 Å². The summed E-state index contributed by atoms with van der Waals surface area (Å²) in [4.78, 5) is 47.4. The van der Waals surface area contributed by atoms with Crippen molar-refractivity contribution < 1.29 is 33.7 Å². The van der Waals surface area contributed by atoms with Crippen molar-refractivity contribution in [2.45, 2.75) is 32.9 Å². The summed E-state index contributed by atoms with van der Waals surface area (Å²) in [5.41, 5.74) is 1.77. The van der Waals surface area contributed by atoms with Gasteiger partial charge in [-0.2, -0.15) is 0 Å². The summed E-state index contributed by atoms with van der Waals surface area (Å²) in [6.45, 7) is 4.13. The molecule has 2 aromatic heterocycles. The van der Waals surface area contributed by atoms with Gasteiger partial charge < -0.3 is 33.8 Å². The van der Waals surface area contributed by atoms with Crippen LogP contribution in [0.5, 0.6) is 11.5 Å². The van der Waals surface area contributed by atoms with E-state index >= 15 is 0 Å². The number of Topliss-reactive ketones (excluding diaryl/α,β-unsaturated/α-hetero) is 1. The van der Waals surface area contributed by atoms with E-state index in [2.05, 4.69) is 9.97 Å². The van der Waals surface area contributed by atoms with Crippen LogP contribution in [0.15, 0.2) is 42.5 Å². The molecule has 38 heavy (non-hydrogen) atoms. The van der Waals surface area contributed by atoms with Crippen LogP contribution in [0, 0.1) is 13.8 Å². The van der Waals surface area contributed by atoms with Crippen molar-refractivity contribution in [3.8, 4) is 11.5 Å². The average molecular weight is 523 g/mol. The van der Waals surface area contributed by atoms with Crippen LogP contribution >= 0.6 is 0 Å². The van der Waals surface area contributed by atoms with Gasteiger partial charge in [0, 0.05) is 36.7 Å². The Morgan fingerprint density at radius 1 is 1.11 bits per heavy atom. The van der Waals surface area contributed by atoms with Crippen molar-refractivity contribution in [2.75, 3.05) is 27.9 Å². The lowest BCUT2D eigenvalue weighted by Gasteiger charge is -2.26. The second-order valence-corrected chi connectivity index (χ2v) is 8.88. The number of aromatic nitrogens is 3. The number of methoxy groups -OCH3 is 3. The third-order valence-electron chi connectivity index (χ3n) is 6.70. The number of aromatic amines is 1. The minimum atomic E-state index is -0.895. The van der Waals surface area contributed by atoms with Gasteiger partial charge in [0.15, 0.2) is 11.5 Å². The molecule has 11 nitrogen and oxygen atoms in total. The molecule has 3 aromatic rings. The van der Waals surface area contributed by atoms with Gasteiger partial charge >= 0.3 is 5.97 Å². The SMILES string of the molecule is COC(=O)c1[nH]c(C)c(/C(O)=C2\C(=O)C(=O)N(CCCn3ccnc3)[C@@H]2c2ccc(OC)c(OC)c2)c1C. The van der Waals surface area contributed by atoms with Crippen molar-refractivity contribution in [3.05, 3.63) is 70.6 Å². The maximum Gasteiger partial charge on any atom is 0.354 e. The zero-order valence-electron chi connectivity index (χ0n) is 21.9. The van der Waals surface area contributed by atoms with E-state index in [0.717, 1.165) is 0 Å². The summed E-state index contributed by atoms with van der Waals surface area (Å²) in [5, 5.41) is 11.5. The highest BCUT2D eigenvalue weighted by molar-refractivity contribution is 6.46. The first kappa shape index (κ1) is 26.5. The van der Waals surface area contributed by atoms with Gasteiger partial charge in [-0.15, -0.1) is 0 Å². The van der Waals surface area contributed by atoms with E-state index < -0.39 is 23.7 Å². The van der Waals surface area contributed by atoms with Gasteiger partial charge in [0.1, 0.15) is 11.5 Å². The highest BCUT2D eigenvalue weighted by Gasteiger charge is 2.46. The van der Waals surface area contributed by atoms with Crippen LogP contribution in [0.2, 0.25) is 0 Å². The van der Waals surface area contributed by atoms with Gasteiger partial charge in [-0.25, -0.2) is 9.78 Å². The first-order chi connectivity index (χ1) is 18.2. The van der Waals surface area contributed by atoms with Crippen molar-refractivity contribution in [1.29, 1.82) is 0 Å². The second kappa shape index (κ2) is 10.8. The van der Waals surface area contributed by atoms with E-state index in [9.17, 15) is 19.5 Å². The van der Waals surface area contributed by atoms with Gasteiger partial charge in [0.05, 0.1) is 39.3 Å². The second-order valence-electron chi connectivity index (χ2n) is 8.88. The summed E-state index contributed by atoms with van der Waals surface area (Å²) in [7, 11) is 4.25. The molecule has 1 amide bonds. The number of nitrogens with zero attached hydrogens (tertiary/aromatic N) is 3. The van der Waals surface area contributed by atoms with Crippen LogP contribution in [0.4, 0.5) is 0 Å². The lowest BCUT2D eigenvalue weighted by Crippen LogP contribution is -2.31. The number of nitrogens with one attached hydrogen (secondary N) is 1. The largest absolute Gasteiger partial charge is 0.507 e. The van der Waals surface area contributed by atoms with Crippen molar-refractivity contribution in [2.24, 2.45) is 0 Å². The zero-order chi connectivity index (χ0) is 27.6. The topological polar surface area (TPSA) is 136 Å². The fourth-order valence-electron chi connectivity index (χ4n) is 4.87. The molecular formula is C27H30N4O7. The Bertz CT molecular complexity index is 1400. The number of amides is 1. The molecular weight excluding hydrogens is 492 g/mol. The predicted octanol–water partition coefficient (Wildman–Crippen LogP) is 3.14. The molecule has 0 bridgehead atoms. The number of carbonyl (C=O) groups is 3. The number of ketones is 1. The molecule has 0 unspecified atom stereocenters. The minimum absolute atomic E-state index is 0.0773. The number of hydrogen-bond acceptors (Lipinski definition) is 8. The molecule has 2 N–H and O–H groups in total. The number of esters is 1. The van der Waals surface area contributed by atoms with E-state index in [1.54, 1.807) is 44.6 Å². The normalized spacial score (nSPS) is 16.7. The van der Waals surface area contributed by atoms with Crippen molar-refractivity contribution in [3.63, 3.8) is 0 Å². The van der Waals surface area contributed by atoms with Crippen LogP contribution in [-0.4, -0.2) is 70.1 Å². The number of hydrogen-bond donors (Lipinski definition) is 2. The van der Waals surface area contributed by atoms with Gasteiger partial charge in [-0.3, -0.25) is 9.59 Å². The molecule has 1 aromatic carbocycles. The number of imidazole rings is 1. The minimum Gasteiger partial charge on any atom is -0.507 e. The summed E-state index contributed by atoms with van der Waals surface area (Å²) < 4.78 is 17.5. The molecule has 0 saturated carbocycles. The number of benzene rings is 1. The van der Waals surface area contributed by atoms with E-state index in [-0.39, 0.29) is 29.1 Å². The third-order valence-corrected chi connectivity index (χ3v) is 6.70. The number of aryl methyl sites for hydroxylation is 2. The molecule has 1 atom stereocenters. The monoisotopic (exact) mass is 522 g/mol. The van der Waals surface area contributed by atoms with E-state index in [1.165, 1.54) is 26.2 Å². The van der Waals surface area contributed by atoms with Crippen LogP contribution in [-0.2, 0) is 20.9 Å². The zero-order valence-corrected chi connectivity index (χ0v) is 21.9. The molecule has 200 valence electrons. The van der Waals surface area contributed by atoms with Crippen molar-refractivity contribution in [1.82, 2.24) is 19.4 Å². The summed E-state index contributed by atoms with van der Waals surface area (Å²) in [6, 6.07) is 4.20. The Labute approximate surface area is 219 Å². The van der Waals surface area contributed by atoms with Gasteiger partial charge in [0.25, 0.3) is 11.7 Å². The Kier molecular flexibility index (Phi) is 7.56. The number of aliphatic hydroxyl groups excluding tert-OH is 1. The molecule has 1 aliphatic rings. The fourth-order valence-corrected chi connectivity index (χ4v) is 4.87.